The Bertz CT molecular complexity index is 604. The molecule has 2 rings (SSSR count). The Morgan fingerprint density at radius 2 is 2.10 bits per heavy atom. The Kier molecular flexibility index (Phi) is 4.60. The van der Waals surface area contributed by atoms with E-state index in [-0.39, 0.29) is 5.82 Å². The van der Waals surface area contributed by atoms with Gasteiger partial charge in [-0.15, -0.1) is 0 Å². The summed E-state index contributed by atoms with van der Waals surface area (Å²) in [6.07, 6.45) is 0.470. The van der Waals surface area contributed by atoms with E-state index in [0.29, 0.717) is 12.0 Å². The van der Waals surface area contributed by atoms with Gasteiger partial charge in [0.15, 0.2) is 0 Å². The molecule has 2 aromatic rings. The van der Waals surface area contributed by atoms with Crippen molar-refractivity contribution in [1.82, 2.24) is 9.78 Å². The second-order valence-electron chi connectivity index (χ2n) is 4.97. The first-order chi connectivity index (χ1) is 9.42. The molecule has 1 atom stereocenters. The first-order valence-electron chi connectivity index (χ1n) is 6.57. The predicted octanol–water partition coefficient (Wildman–Crippen LogP) is 3.47. The highest BCUT2D eigenvalue weighted by Crippen LogP contribution is 2.27. The van der Waals surface area contributed by atoms with Crippen LogP contribution in [-0.4, -0.2) is 14.9 Å². The topological polar surface area (TPSA) is 38.0 Å². The molecule has 0 saturated carbocycles. The van der Waals surface area contributed by atoms with Gasteiger partial charge in [-0.25, -0.2) is 4.39 Å². The van der Waals surface area contributed by atoms with Gasteiger partial charge < -0.3 is 5.11 Å². The van der Waals surface area contributed by atoms with Gasteiger partial charge in [0, 0.05) is 13.5 Å². The molecule has 0 saturated heterocycles. The van der Waals surface area contributed by atoms with Gasteiger partial charge in [0.25, 0.3) is 0 Å². The molecule has 108 valence electrons. The summed E-state index contributed by atoms with van der Waals surface area (Å²) in [6.45, 7) is 3.84. The largest absolute Gasteiger partial charge is 0.388 e. The van der Waals surface area contributed by atoms with Crippen molar-refractivity contribution in [3.63, 3.8) is 0 Å². The van der Waals surface area contributed by atoms with Gasteiger partial charge in [-0.1, -0.05) is 13.0 Å². The molecule has 20 heavy (non-hydrogen) atoms. The highest BCUT2D eigenvalue weighted by atomic mass is 79.9. The molecule has 0 aliphatic carbocycles. The Labute approximate surface area is 126 Å². The average molecular weight is 341 g/mol. The summed E-state index contributed by atoms with van der Waals surface area (Å²) in [4.78, 5) is 0. The number of aryl methyl sites for hydroxylation is 3. The minimum atomic E-state index is -0.749. The Hall–Kier alpha value is -1.20. The molecule has 0 spiro atoms. The van der Waals surface area contributed by atoms with E-state index >= 15 is 0 Å². The third-order valence-corrected chi connectivity index (χ3v) is 4.25. The van der Waals surface area contributed by atoms with Crippen LogP contribution in [0.4, 0.5) is 4.39 Å². The second-order valence-corrected chi connectivity index (χ2v) is 5.76. The van der Waals surface area contributed by atoms with Gasteiger partial charge in [0.2, 0.25) is 0 Å². The minimum absolute atomic E-state index is 0.322. The van der Waals surface area contributed by atoms with E-state index in [1.165, 1.54) is 12.1 Å². The van der Waals surface area contributed by atoms with Gasteiger partial charge >= 0.3 is 0 Å². The molecule has 1 unspecified atom stereocenters. The van der Waals surface area contributed by atoms with Crippen molar-refractivity contribution in [2.75, 3.05) is 0 Å². The lowest BCUT2D eigenvalue weighted by Crippen LogP contribution is -2.07. The highest BCUT2D eigenvalue weighted by Gasteiger charge is 2.18. The van der Waals surface area contributed by atoms with Crippen molar-refractivity contribution in [2.45, 2.75) is 32.8 Å². The zero-order valence-corrected chi connectivity index (χ0v) is 13.4. The van der Waals surface area contributed by atoms with Crippen molar-refractivity contribution >= 4 is 15.9 Å². The third-order valence-electron chi connectivity index (χ3n) is 3.34. The van der Waals surface area contributed by atoms with Crippen LogP contribution in [0.1, 0.15) is 35.5 Å². The minimum Gasteiger partial charge on any atom is -0.388 e. The summed E-state index contributed by atoms with van der Waals surface area (Å²) >= 11 is 3.52. The maximum atomic E-state index is 13.4. The fourth-order valence-corrected chi connectivity index (χ4v) is 3.08. The lowest BCUT2D eigenvalue weighted by molar-refractivity contribution is 0.175. The summed E-state index contributed by atoms with van der Waals surface area (Å²) in [5.74, 6) is -0.322. The van der Waals surface area contributed by atoms with Crippen LogP contribution in [0.25, 0.3) is 0 Å². The van der Waals surface area contributed by atoms with Crippen molar-refractivity contribution in [3.05, 3.63) is 51.0 Å². The predicted molar refractivity (Wildman–Crippen MR) is 80.1 cm³/mol. The summed E-state index contributed by atoms with van der Waals surface area (Å²) in [5, 5.41) is 14.7. The SMILES string of the molecule is CCc1nn(C)c(CC(O)c2cc(C)cc(F)c2)c1Br. The summed E-state index contributed by atoms with van der Waals surface area (Å²) in [5.41, 5.74) is 3.27. The fraction of sp³-hybridized carbons (Fsp3) is 0.400. The number of aromatic nitrogens is 2. The van der Waals surface area contributed by atoms with Crippen molar-refractivity contribution < 1.29 is 9.50 Å². The Morgan fingerprint density at radius 3 is 2.65 bits per heavy atom. The van der Waals surface area contributed by atoms with Gasteiger partial charge in [0.05, 0.1) is 22.0 Å². The Balaban J connectivity index is 2.27. The van der Waals surface area contributed by atoms with Crippen LogP contribution >= 0.6 is 15.9 Å². The number of benzene rings is 1. The zero-order chi connectivity index (χ0) is 14.9. The van der Waals surface area contributed by atoms with Crippen LogP contribution in [0.2, 0.25) is 0 Å². The molecule has 0 bridgehead atoms. The summed E-state index contributed by atoms with van der Waals surface area (Å²) in [6, 6.07) is 4.63. The smallest absolute Gasteiger partial charge is 0.123 e. The molecule has 5 heteroatoms. The molecule has 0 fully saturated rings. The molecule has 0 aliphatic rings. The molecule has 3 nitrogen and oxygen atoms in total. The van der Waals surface area contributed by atoms with Gasteiger partial charge in [-0.2, -0.15) is 5.10 Å². The third kappa shape index (κ3) is 3.10. The van der Waals surface area contributed by atoms with Crippen molar-refractivity contribution in [2.24, 2.45) is 7.05 Å². The fourth-order valence-electron chi connectivity index (χ4n) is 2.30. The number of halogens is 2. The maximum Gasteiger partial charge on any atom is 0.123 e. The number of hydrogen-bond donors (Lipinski definition) is 1. The number of nitrogens with zero attached hydrogens (tertiary/aromatic N) is 2. The highest BCUT2D eigenvalue weighted by molar-refractivity contribution is 9.10. The van der Waals surface area contributed by atoms with Crippen molar-refractivity contribution in [3.8, 4) is 0 Å². The molecule has 1 aromatic heterocycles. The lowest BCUT2D eigenvalue weighted by atomic mass is 10.0. The van der Waals surface area contributed by atoms with Gasteiger partial charge in [-0.05, 0) is 52.5 Å². The van der Waals surface area contributed by atoms with Crippen LogP contribution in [-0.2, 0) is 19.9 Å². The summed E-state index contributed by atoms with van der Waals surface area (Å²) < 4.78 is 16.1. The lowest BCUT2D eigenvalue weighted by Gasteiger charge is -2.12. The molecule has 0 aliphatic heterocycles. The standard InChI is InChI=1S/C15H18BrFN2O/c1-4-12-15(16)13(19(3)18-12)8-14(20)10-5-9(2)6-11(17)7-10/h5-7,14,20H,4,8H2,1-3H3. The summed E-state index contributed by atoms with van der Waals surface area (Å²) in [7, 11) is 1.85. The van der Waals surface area contributed by atoms with Crippen LogP contribution in [0.15, 0.2) is 22.7 Å². The molecule has 0 amide bonds. The van der Waals surface area contributed by atoms with Gasteiger partial charge in [-0.3, -0.25) is 4.68 Å². The van der Waals surface area contributed by atoms with E-state index < -0.39 is 6.10 Å². The van der Waals surface area contributed by atoms with E-state index in [9.17, 15) is 9.50 Å². The molecule has 1 aromatic carbocycles. The van der Waals surface area contributed by atoms with Crippen LogP contribution in [0, 0.1) is 12.7 Å². The number of hydrogen-bond acceptors (Lipinski definition) is 2. The van der Waals surface area contributed by atoms with Crippen LogP contribution in [0.5, 0.6) is 0 Å². The van der Waals surface area contributed by atoms with Crippen molar-refractivity contribution in [1.29, 1.82) is 0 Å². The first kappa shape index (κ1) is 15.2. The zero-order valence-electron chi connectivity index (χ0n) is 11.8. The van der Waals surface area contributed by atoms with E-state index in [1.807, 2.05) is 20.9 Å². The Morgan fingerprint density at radius 1 is 1.40 bits per heavy atom. The van der Waals surface area contributed by atoms with Crippen LogP contribution < -0.4 is 0 Å². The number of aliphatic hydroxyl groups excluding tert-OH is 1. The van der Waals surface area contributed by atoms with E-state index in [0.717, 1.165) is 27.8 Å². The van der Waals surface area contributed by atoms with E-state index in [4.69, 9.17) is 0 Å². The second kappa shape index (κ2) is 6.06. The average Bonchev–Trinajstić information content (AvgIpc) is 2.65. The molecule has 1 heterocycles. The first-order valence-corrected chi connectivity index (χ1v) is 7.37. The normalized spacial score (nSPS) is 12.7. The molecular weight excluding hydrogens is 323 g/mol. The quantitative estimate of drug-likeness (QED) is 0.925. The molecule has 0 radical (unpaired) electrons. The van der Waals surface area contributed by atoms with E-state index in [1.54, 1.807) is 10.7 Å². The monoisotopic (exact) mass is 340 g/mol. The molecular formula is C15H18BrFN2O. The van der Waals surface area contributed by atoms with E-state index in [2.05, 4.69) is 21.0 Å². The molecule has 1 N–H and O–H groups in total. The number of rotatable bonds is 4. The maximum absolute atomic E-state index is 13.4. The van der Waals surface area contributed by atoms with Crippen LogP contribution in [0.3, 0.4) is 0 Å². The number of aliphatic hydroxyl groups is 1. The van der Waals surface area contributed by atoms with Gasteiger partial charge in [0.1, 0.15) is 5.82 Å².